The number of nitrogens with zero attached hydrogens (tertiary/aromatic N) is 2. The van der Waals surface area contributed by atoms with Gasteiger partial charge in [0.05, 0.1) is 0 Å². The quantitative estimate of drug-likeness (QED) is 0.632. The van der Waals surface area contributed by atoms with Crippen molar-refractivity contribution in [3.63, 3.8) is 0 Å². The van der Waals surface area contributed by atoms with Crippen LogP contribution in [0.2, 0.25) is 0 Å². The lowest BCUT2D eigenvalue weighted by atomic mass is 9.88. The van der Waals surface area contributed by atoms with E-state index in [0.717, 1.165) is 23.3 Å². The van der Waals surface area contributed by atoms with Crippen LogP contribution in [-0.2, 0) is 0 Å². The molecule has 1 rings (SSSR count). The van der Waals surface area contributed by atoms with Gasteiger partial charge in [0.1, 0.15) is 11.6 Å². The third-order valence-corrected chi connectivity index (χ3v) is 3.46. The number of hydrogen-bond acceptors (Lipinski definition) is 5. The highest BCUT2D eigenvalue weighted by atomic mass is 32.2. The Morgan fingerprint density at radius 1 is 1.28 bits per heavy atom. The van der Waals surface area contributed by atoms with Gasteiger partial charge in [-0.2, -0.15) is 0 Å². The molecule has 1 atom stereocenters. The number of hydrogen-bond donors (Lipinski definition) is 2. The molecule has 0 saturated carbocycles. The normalized spacial score (nSPS) is 13.2. The zero-order chi connectivity index (χ0) is 13.8. The molecular weight excluding hydrogens is 244 g/mol. The minimum atomic E-state index is 0.197. The molecular formula is C13H24N4S. The summed E-state index contributed by atoms with van der Waals surface area (Å²) < 4.78 is 0. The van der Waals surface area contributed by atoms with Crippen LogP contribution in [0.4, 0.5) is 11.6 Å². The molecule has 0 aliphatic carbocycles. The van der Waals surface area contributed by atoms with Gasteiger partial charge in [0.25, 0.3) is 0 Å². The van der Waals surface area contributed by atoms with Gasteiger partial charge in [-0.05, 0) is 25.5 Å². The second-order valence-electron chi connectivity index (χ2n) is 5.39. The minimum absolute atomic E-state index is 0.197. The zero-order valence-corrected chi connectivity index (χ0v) is 13.0. The monoisotopic (exact) mass is 268 g/mol. The summed E-state index contributed by atoms with van der Waals surface area (Å²) in [6.07, 6.45) is 1.99. The Morgan fingerprint density at radius 2 is 1.89 bits per heavy atom. The molecule has 1 unspecified atom stereocenters. The summed E-state index contributed by atoms with van der Waals surface area (Å²) in [6, 6.07) is 2.31. The summed E-state index contributed by atoms with van der Waals surface area (Å²) in [5.74, 6) is 1.76. The number of aromatic nitrogens is 2. The van der Waals surface area contributed by atoms with E-state index in [1.165, 1.54) is 0 Å². The van der Waals surface area contributed by atoms with Gasteiger partial charge in [-0.3, -0.25) is 0 Å². The first-order chi connectivity index (χ1) is 8.36. The highest BCUT2D eigenvalue weighted by Gasteiger charge is 2.20. The first kappa shape index (κ1) is 15.1. The lowest BCUT2D eigenvalue weighted by Gasteiger charge is -2.28. The number of rotatable bonds is 5. The molecule has 18 heavy (non-hydrogen) atoms. The predicted octanol–water partition coefficient (Wildman–Crippen LogP) is 3.48. The van der Waals surface area contributed by atoms with Crippen molar-refractivity contribution in [2.75, 3.05) is 23.4 Å². The fourth-order valence-corrected chi connectivity index (χ4v) is 1.68. The SMILES string of the molecule is CCNc1cc(NC(C)C(C)(C)C)nc(SC)n1. The Balaban J connectivity index is 2.90. The summed E-state index contributed by atoms with van der Waals surface area (Å²) in [5.41, 5.74) is 0.197. The van der Waals surface area contributed by atoms with Crippen molar-refractivity contribution in [3.05, 3.63) is 6.07 Å². The van der Waals surface area contributed by atoms with Crippen LogP contribution in [0.15, 0.2) is 11.2 Å². The third kappa shape index (κ3) is 4.37. The van der Waals surface area contributed by atoms with Crippen LogP contribution in [0.1, 0.15) is 34.6 Å². The van der Waals surface area contributed by atoms with Crippen LogP contribution in [0.25, 0.3) is 0 Å². The fourth-order valence-electron chi connectivity index (χ4n) is 1.30. The van der Waals surface area contributed by atoms with Crippen molar-refractivity contribution < 1.29 is 0 Å². The fraction of sp³-hybridized carbons (Fsp3) is 0.692. The van der Waals surface area contributed by atoms with Crippen LogP contribution < -0.4 is 10.6 Å². The highest BCUT2D eigenvalue weighted by molar-refractivity contribution is 7.98. The molecule has 1 aromatic heterocycles. The molecule has 0 amide bonds. The molecule has 1 aromatic rings. The Morgan fingerprint density at radius 3 is 2.39 bits per heavy atom. The molecule has 5 heteroatoms. The van der Waals surface area contributed by atoms with Crippen LogP contribution in [0.5, 0.6) is 0 Å². The van der Waals surface area contributed by atoms with Gasteiger partial charge in [0.2, 0.25) is 0 Å². The van der Waals surface area contributed by atoms with Crippen LogP contribution >= 0.6 is 11.8 Å². The molecule has 0 fully saturated rings. The molecule has 0 aromatic carbocycles. The molecule has 0 saturated heterocycles. The molecule has 2 N–H and O–H groups in total. The molecule has 4 nitrogen and oxygen atoms in total. The molecule has 0 bridgehead atoms. The van der Waals surface area contributed by atoms with Crippen molar-refractivity contribution in [1.29, 1.82) is 0 Å². The summed E-state index contributed by atoms with van der Waals surface area (Å²) >= 11 is 1.56. The van der Waals surface area contributed by atoms with Gasteiger partial charge in [-0.1, -0.05) is 32.5 Å². The van der Waals surface area contributed by atoms with Gasteiger partial charge in [-0.25, -0.2) is 9.97 Å². The van der Waals surface area contributed by atoms with Crippen LogP contribution in [0, 0.1) is 5.41 Å². The zero-order valence-electron chi connectivity index (χ0n) is 12.2. The minimum Gasteiger partial charge on any atom is -0.370 e. The molecule has 102 valence electrons. The van der Waals surface area contributed by atoms with Crippen molar-refractivity contribution in [1.82, 2.24) is 9.97 Å². The molecule has 0 radical (unpaired) electrons. The standard InChI is InChI=1S/C13H24N4S/c1-7-14-10-8-11(17-12(16-10)18-6)15-9(2)13(3,4)5/h8-9H,7H2,1-6H3,(H2,14,15,16,17). The van der Waals surface area contributed by atoms with Gasteiger partial charge in [-0.15, -0.1) is 0 Å². The average molecular weight is 268 g/mol. The van der Waals surface area contributed by atoms with E-state index in [1.54, 1.807) is 11.8 Å². The highest BCUT2D eigenvalue weighted by Crippen LogP contribution is 2.24. The Bertz CT molecular complexity index is 387. The average Bonchev–Trinajstić information content (AvgIpc) is 2.27. The van der Waals surface area contributed by atoms with Gasteiger partial charge in [0, 0.05) is 18.7 Å². The number of anilines is 2. The van der Waals surface area contributed by atoms with E-state index in [1.807, 2.05) is 12.3 Å². The summed E-state index contributed by atoms with van der Waals surface area (Å²) in [5, 5.41) is 7.47. The first-order valence-electron chi connectivity index (χ1n) is 6.30. The lowest BCUT2D eigenvalue weighted by Crippen LogP contribution is -2.31. The van der Waals surface area contributed by atoms with E-state index < -0.39 is 0 Å². The molecule has 0 aliphatic heterocycles. The first-order valence-corrected chi connectivity index (χ1v) is 7.52. The van der Waals surface area contributed by atoms with Crippen molar-refractivity contribution in [2.24, 2.45) is 5.41 Å². The number of thioether (sulfide) groups is 1. The largest absolute Gasteiger partial charge is 0.370 e. The van der Waals surface area contributed by atoms with E-state index in [0.29, 0.717) is 6.04 Å². The summed E-state index contributed by atoms with van der Waals surface area (Å²) in [4.78, 5) is 8.90. The van der Waals surface area contributed by atoms with E-state index >= 15 is 0 Å². The lowest BCUT2D eigenvalue weighted by molar-refractivity contribution is 0.358. The second kappa shape index (κ2) is 6.27. The smallest absolute Gasteiger partial charge is 0.191 e. The Labute approximate surface area is 114 Å². The summed E-state index contributed by atoms with van der Waals surface area (Å²) in [6.45, 7) is 11.7. The van der Waals surface area contributed by atoms with E-state index in [9.17, 15) is 0 Å². The van der Waals surface area contributed by atoms with Crippen LogP contribution in [-0.4, -0.2) is 28.8 Å². The predicted molar refractivity (Wildman–Crippen MR) is 80.5 cm³/mol. The van der Waals surface area contributed by atoms with Gasteiger partial charge >= 0.3 is 0 Å². The van der Waals surface area contributed by atoms with Gasteiger partial charge < -0.3 is 10.6 Å². The second-order valence-corrected chi connectivity index (χ2v) is 6.16. The summed E-state index contributed by atoms with van der Waals surface area (Å²) in [7, 11) is 0. The topological polar surface area (TPSA) is 49.8 Å². The third-order valence-electron chi connectivity index (χ3n) is 2.91. The van der Waals surface area contributed by atoms with E-state index in [-0.39, 0.29) is 5.41 Å². The van der Waals surface area contributed by atoms with Crippen molar-refractivity contribution in [2.45, 2.75) is 45.8 Å². The number of nitrogens with one attached hydrogen (secondary N) is 2. The molecule has 0 spiro atoms. The maximum atomic E-state index is 4.49. The van der Waals surface area contributed by atoms with E-state index in [2.05, 4.69) is 55.2 Å². The van der Waals surface area contributed by atoms with Crippen molar-refractivity contribution in [3.8, 4) is 0 Å². The molecule has 1 heterocycles. The molecule has 0 aliphatic rings. The Kier molecular flexibility index (Phi) is 5.26. The van der Waals surface area contributed by atoms with E-state index in [4.69, 9.17) is 0 Å². The van der Waals surface area contributed by atoms with Gasteiger partial charge in [0.15, 0.2) is 5.16 Å². The van der Waals surface area contributed by atoms with Crippen LogP contribution in [0.3, 0.4) is 0 Å². The van der Waals surface area contributed by atoms with Crippen molar-refractivity contribution >= 4 is 23.4 Å². The maximum Gasteiger partial charge on any atom is 0.191 e. The maximum absolute atomic E-state index is 4.49. The Hall–Kier alpha value is -0.970.